The van der Waals surface area contributed by atoms with Gasteiger partial charge in [-0.15, -0.1) is 0 Å². The second-order valence-corrected chi connectivity index (χ2v) is 5.93. The maximum absolute atomic E-state index is 14.2. The van der Waals surface area contributed by atoms with E-state index in [0.29, 0.717) is 16.7 Å². The molecule has 0 fully saturated rings. The molecule has 0 bridgehead atoms. The minimum Gasteiger partial charge on any atom is -0.207 e. The first-order valence-corrected chi connectivity index (χ1v) is 6.35. The highest BCUT2D eigenvalue weighted by Crippen LogP contribution is 2.31. The summed E-state index contributed by atoms with van der Waals surface area (Å²) in [5, 5.41) is 0. The van der Waals surface area contributed by atoms with Crippen LogP contribution in [0.1, 0.15) is 31.9 Å². The van der Waals surface area contributed by atoms with Crippen molar-refractivity contribution in [3.63, 3.8) is 0 Å². The first-order chi connectivity index (χ1) is 8.79. The van der Waals surface area contributed by atoms with Gasteiger partial charge in [-0.25, -0.2) is 8.78 Å². The lowest BCUT2D eigenvalue weighted by Crippen LogP contribution is -2.14. The zero-order chi connectivity index (χ0) is 14.2. The molecule has 2 aromatic rings. The third kappa shape index (κ3) is 2.83. The van der Waals surface area contributed by atoms with Gasteiger partial charge in [-0.2, -0.15) is 0 Å². The molecule has 0 aliphatic heterocycles. The molecule has 0 spiro atoms. The molecule has 19 heavy (non-hydrogen) atoms. The molecule has 0 unspecified atom stereocenters. The Bertz CT molecular complexity index is 590. The van der Waals surface area contributed by atoms with Crippen molar-refractivity contribution in [3.8, 4) is 11.1 Å². The predicted molar refractivity (Wildman–Crippen MR) is 75.2 cm³/mol. The molecular weight excluding hydrogens is 242 g/mol. The Kier molecular flexibility index (Phi) is 3.44. The SMILES string of the molecule is Cc1ccc(-c2cc(F)c(C(C)(C)C)cc2F)cc1. The molecule has 0 atom stereocenters. The fourth-order valence-electron chi connectivity index (χ4n) is 2.08. The quantitative estimate of drug-likeness (QED) is 0.658. The smallest absolute Gasteiger partial charge is 0.131 e. The standard InChI is InChI=1S/C17H18F2/c1-11-5-7-12(8-6-11)13-9-16(19)14(10-15(13)18)17(2,3)4/h5-10H,1-4H3. The fraction of sp³-hybridized carbons (Fsp3) is 0.294. The summed E-state index contributed by atoms with van der Waals surface area (Å²) in [6.45, 7) is 7.58. The zero-order valence-electron chi connectivity index (χ0n) is 11.7. The number of hydrogen-bond acceptors (Lipinski definition) is 0. The molecule has 2 rings (SSSR count). The van der Waals surface area contributed by atoms with Gasteiger partial charge in [0.05, 0.1) is 0 Å². The highest BCUT2D eigenvalue weighted by molar-refractivity contribution is 5.65. The van der Waals surface area contributed by atoms with Crippen LogP contribution >= 0.6 is 0 Å². The lowest BCUT2D eigenvalue weighted by atomic mass is 9.85. The third-order valence-corrected chi connectivity index (χ3v) is 3.23. The molecule has 0 N–H and O–H groups in total. The van der Waals surface area contributed by atoms with Crippen molar-refractivity contribution in [1.29, 1.82) is 0 Å². The molecule has 0 radical (unpaired) electrons. The number of rotatable bonds is 1. The number of hydrogen-bond donors (Lipinski definition) is 0. The van der Waals surface area contributed by atoms with Gasteiger partial charge < -0.3 is 0 Å². The Labute approximate surface area is 113 Å². The number of aryl methyl sites for hydroxylation is 1. The molecule has 0 saturated carbocycles. The molecule has 100 valence electrons. The second kappa shape index (κ2) is 4.76. The minimum absolute atomic E-state index is 0.311. The summed E-state index contributed by atoms with van der Waals surface area (Å²) in [6.07, 6.45) is 0. The molecule has 0 aliphatic carbocycles. The highest BCUT2D eigenvalue weighted by Gasteiger charge is 2.21. The summed E-state index contributed by atoms with van der Waals surface area (Å²) < 4.78 is 28.3. The maximum Gasteiger partial charge on any atom is 0.131 e. The molecule has 0 nitrogen and oxygen atoms in total. The van der Waals surface area contributed by atoms with E-state index in [4.69, 9.17) is 0 Å². The van der Waals surface area contributed by atoms with Crippen LogP contribution in [0.4, 0.5) is 8.78 Å². The van der Waals surface area contributed by atoms with E-state index < -0.39 is 5.41 Å². The summed E-state index contributed by atoms with van der Waals surface area (Å²) in [7, 11) is 0. The summed E-state index contributed by atoms with van der Waals surface area (Å²) in [4.78, 5) is 0. The summed E-state index contributed by atoms with van der Waals surface area (Å²) >= 11 is 0. The fourth-order valence-corrected chi connectivity index (χ4v) is 2.08. The molecule has 0 saturated heterocycles. The van der Waals surface area contributed by atoms with Crippen LogP contribution in [0.2, 0.25) is 0 Å². The average molecular weight is 260 g/mol. The van der Waals surface area contributed by atoms with E-state index in [0.717, 1.165) is 5.56 Å². The predicted octanol–water partition coefficient (Wildman–Crippen LogP) is 5.24. The van der Waals surface area contributed by atoms with Crippen molar-refractivity contribution in [3.05, 3.63) is 59.2 Å². The van der Waals surface area contributed by atoms with Crippen molar-refractivity contribution in [2.24, 2.45) is 0 Å². The van der Waals surface area contributed by atoms with E-state index in [9.17, 15) is 8.78 Å². The molecular formula is C17H18F2. The second-order valence-electron chi connectivity index (χ2n) is 5.93. The van der Waals surface area contributed by atoms with Crippen LogP contribution in [-0.2, 0) is 5.41 Å². The summed E-state index contributed by atoms with van der Waals surface area (Å²) in [5.74, 6) is -0.736. The zero-order valence-corrected chi connectivity index (χ0v) is 11.7. The van der Waals surface area contributed by atoms with Crippen LogP contribution < -0.4 is 0 Å². The average Bonchev–Trinajstić information content (AvgIpc) is 2.31. The van der Waals surface area contributed by atoms with Crippen molar-refractivity contribution in [2.75, 3.05) is 0 Å². The van der Waals surface area contributed by atoms with Gasteiger partial charge in [0.1, 0.15) is 11.6 Å². The molecule has 2 aromatic carbocycles. The molecule has 0 aliphatic rings. The van der Waals surface area contributed by atoms with Gasteiger partial charge in [-0.3, -0.25) is 0 Å². The molecule has 0 amide bonds. The van der Waals surface area contributed by atoms with Crippen molar-refractivity contribution in [1.82, 2.24) is 0 Å². The van der Waals surface area contributed by atoms with E-state index in [-0.39, 0.29) is 11.6 Å². The van der Waals surface area contributed by atoms with Crippen molar-refractivity contribution >= 4 is 0 Å². The van der Waals surface area contributed by atoms with E-state index in [1.807, 2.05) is 52.0 Å². The monoisotopic (exact) mass is 260 g/mol. The Morgan fingerprint density at radius 1 is 0.842 bits per heavy atom. The van der Waals surface area contributed by atoms with Gasteiger partial charge in [-0.05, 0) is 35.6 Å². The molecule has 0 heterocycles. The summed E-state index contributed by atoms with van der Waals surface area (Å²) in [5.41, 5.74) is 2.10. The highest BCUT2D eigenvalue weighted by atomic mass is 19.1. The molecule has 2 heteroatoms. The van der Waals surface area contributed by atoms with Crippen molar-refractivity contribution in [2.45, 2.75) is 33.1 Å². The first-order valence-electron chi connectivity index (χ1n) is 6.35. The van der Waals surface area contributed by atoms with Crippen molar-refractivity contribution < 1.29 is 8.78 Å². The Morgan fingerprint density at radius 3 is 1.95 bits per heavy atom. The lowest BCUT2D eigenvalue weighted by molar-refractivity contribution is 0.512. The van der Waals surface area contributed by atoms with Crippen LogP contribution in [-0.4, -0.2) is 0 Å². The van der Waals surface area contributed by atoms with Gasteiger partial charge in [0.25, 0.3) is 0 Å². The van der Waals surface area contributed by atoms with E-state index in [1.165, 1.54) is 12.1 Å². The van der Waals surface area contributed by atoms with Crippen LogP contribution in [0.15, 0.2) is 36.4 Å². The lowest BCUT2D eigenvalue weighted by Gasteiger charge is -2.20. The normalized spacial score (nSPS) is 11.7. The van der Waals surface area contributed by atoms with E-state index in [2.05, 4.69) is 0 Å². The van der Waals surface area contributed by atoms with Crippen LogP contribution in [0, 0.1) is 18.6 Å². The van der Waals surface area contributed by atoms with Crippen LogP contribution in [0.5, 0.6) is 0 Å². The van der Waals surface area contributed by atoms with E-state index in [1.54, 1.807) is 0 Å². The third-order valence-electron chi connectivity index (χ3n) is 3.23. The number of benzene rings is 2. The van der Waals surface area contributed by atoms with Gasteiger partial charge in [-0.1, -0.05) is 50.6 Å². The van der Waals surface area contributed by atoms with Crippen LogP contribution in [0.25, 0.3) is 11.1 Å². The summed E-state index contributed by atoms with van der Waals surface area (Å²) in [6, 6.07) is 10.0. The van der Waals surface area contributed by atoms with Gasteiger partial charge >= 0.3 is 0 Å². The van der Waals surface area contributed by atoms with Gasteiger partial charge in [0.15, 0.2) is 0 Å². The number of halogens is 2. The van der Waals surface area contributed by atoms with Gasteiger partial charge in [0, 0.05) is 5.56 Å². The Morgan fingerprint density at radius 2 is 1.42 bits per heavy atom. The Hall–Kier alpha value is -1.70. The van der Waals surface area contributed by atoms with E-state index >= 15 is 0 Å². The van der Waals surface area contributed by atoms with Gasteiger partial charge in [0.2, 0.25) is 0 Å². The minimum atomic E-state index is -0.406. The topological polar surface area (TPSA) is 0 Å². The van der Waals surface area contributed by atoms with Crippen LogP contribution in [0.3, 0.4) is 0 Å². The molecule has 0 aromatic heterocycles. The Balaban J connectivity index is 2.55. The maximum atomic E-state index is 14.2. The largest absolute Gasteiger partial charge is 0.207 e. The first kappa shape index (κ1) is 13.7.